The van der Waals surface area contributed by atoms with E-state index in [0.717, 1.165) is 18.7 Å². The summed E-state index contributed by atoms with van der Waals surface area (Å²) in [5, 5.41) is 11.8. The number of benzene rings is 2. The standard InChI is InChI=1S/C18H20N2O3/c1-3-12-20(2)14-10-8-13(9-11-14)17(21)19-16-7-5-4-6-15(16)18(22)23/h4-11H,3,12H2,1-2H3,(H,19,21)(H,22,23). The van der Waals surface area contributed by atoms with Gasteiger partial charge < -0.3 is 15.3 Å². The summed E-state index contributed by atoms with van der Waals surface area (Å²) >= 11 is 0. The SMILES string of the molecule is CCCN(C)c1ccc(C(=O)Nc2ccccc2C(=O)O)cc1. The third kappa shape index (κ3) is 4.10. The van der Waals surface area contributed by atoms with Gasteiger partial charge in [-0.2, -0.15) is 0 Å². The minimum Gasteiger partial charge on any atom is -0.478 e. The molecule has 0 bridgehead atoms. The second kappa shape index (κ2) is 7.45. The van der Waals surface area contributed by atoms with Crippen LogP contribution in [-0.4, -0.2) is 30.6 Å². The lowest BCUT2D eigenvalue weighted by atomic mass is 10.1. The van der Waals surface area contributed by atoms with Crippen LogP contribution in [0, 0.1) is 0 Å². The second-order valence-corrected chi connectivity index (χ2v) is 5.27. The Kier molecular flexibility index (Phi) is 5.36. The maximum atomic E-state index is 12.3. The van der Waals surface area contributed by atoms with Gasteiger partial charge in [0, 0.05) is 24.8 Å². The number of hydrogen-bond acceptors (Lipinski definition) is 3. The number of aromatic carboxylic acids is 1. The number of amides is 1. The minimum atomic E-state index is -1.07. The molecule has 0 atom stereocenters. The van der Waals surface area contributed by atoms with E-state index in [4.69, 9.17) is 5.11 Å². The first-order valence-electron chi connectivity index (χ1n) is 7.47. The van der Waals surface area contributed by atoms with Gasteiger partial charge in [0.1, 0.15) is 0 Å². The molecule has 0 aromatic heterocycles. The number of anilines is 2. The maximum Gasteiger partial charge on any atom is 0.337 e. The maximum absolute atomic E-state index is 12.3. The molecule has 0 spiro atoms. The van der Waals surface area contributed by atoms with Crippen molar-refractivity contribution in [2.45, 2.75) is 13.3 Å². The van der Waals surface area contributed by atoms with Gasteiger partial charge in [-0.1, -0.05) is 19.1 Å². The van der Waals surface area contributed by atoms with Crippen LogP contribution in [0.15, 0.2) is 48.5 Å². The van der Waals surface area contributed by atoms with Crippen LogP contribution in [0.1, 0.15) is 34.1 Å². The molecule has 120 valence electrons. The molecule has 1 amide bonds. The first-order chi connectivity index (χ1) is 11.0. The number of carboxylic acids is 1. The van der Waals surface area contributed by atoms with Crippen molar-refractivity contribution < 1.29 is 14.7 Å². The Morgan fingerprint density at radius 3 is 2.35 bits per heavy atom. The van der Waals surface area contributed by atoms with E-state index < -0.39 is 5.97 Å². The summed E-state index contributed by atoms with van der Waals surface area (Å²) in [5.41, 5.74) is 1.88. The molecule has 0 heterocycles. The van der Waals surface area contributed by atoms with E-state index in [1.807, 2.05) is 19.2 Å². The summed E-state index contributed by atoms with van der Waals surface area (Å²) in [4.78, 5) is 25.6. The minimum absolute atomic E-state index is 0.0696. The first-order valence-corrected chi connectivity index (χ1v) is 7.47. The molecular weight excluding hydrogens is 292 g/mol. The van der Waals surface area contributed by atoms with Crippen molar-refractivity contribution in [2.75, 3.05) is 23.8 Å². The summed E-state index contributed by atoms with van der Waals surface area (Å²) in [6.07, 6.45) is 1.05. The van der Waals surface area contributed by atoms with E-state index in [0.29, 0.717) is 5.56 Å². The number of carboxylic acid groups (broad SMARTS) is 1. The van der Waals surface area contributed by atoms with Crippen LogP contribution in [0.2, 0.25) is 0 Å². The Labute approximate surface area is 135 Å². The highest BCUT2D eigenvalue weighted by atomic mass is 16.4. The molecule has 0 unspecified atom stereocenters. The van der Waals surface area contributed by atoms with Crippen LogP contribution in [0.3, 0.4) is 0 Å². The molecule has 0 radical (unpaired) electrons. The molecule has 5 heteroatoms. The average Bonchev–Trinajstić information content (AvgIpc) is 2.55. The monoisotopic (exact) mass is 312 g/mol. The summed E-state index contributed by atoms with van der Waals surface area (Å²) in [6, 6.07) is 13.6. The highest BCUT2D eigenvalue weighted by Gasteiger charge is 2.13. The van der Waals surface area contributed by atoms with Gasteiger partial charge in [-0.15, -0.1) is 0 Å². The molecule has 5 nitrogen and oxygen atoms in total. The molecule has 0 aliphatic rings. The van der Waals surface area contributed by atoms with Crippen molar-refractivity contribution in [3.8, 4) is 0 Å². The van der Waals surface area contributed by atoms with Crippen LogP contribution in [0.25, 0.3) is 0 Å². The normalized spacial score (nSPS) is 10.2. The van der Waals surface area contributed by atoms with E-state index in [-0.39, 0.29) is 17.2 Å². The van der Waals surface area contributed by atoms with E-state index in [1.54, 1.807) is 30.3 Å². The number of para-hydroxylation sites is 1. The molecule has 0 aliphatic heterocycles. The van der Waals surface area contributed by atoms with E-state index in [2.05, 4.69) is 17.1 Å². The lowest BCUT2D eigenvalue weighted by Gasteiger charge is -2.18. The second-order valence-electron chi connectivity index (χ2n) is 5.27. The van der Waals surface area contributed by atoms with Crippen LogP contribution in [0.5, 0.6) is 0 Å². The van der Waals surface area contributed by atoms with Crippen LogP contribution >= 0.6 is 0 Å². The molecule has 2 aromatic carbocycles. The van der Waals surface area contributed by atoms with Gasteiger partial charge in [0.2, 0.25) is 0 Å². The lowest BCUT2D eigenvalue weighted by molar-refractivity contribution is 0.0698. The molecule has 2 rings (SSSR count). The molecule has 0 fully saturated rings. The van der Waals surface area contributed by atoms with E-state index >= 15 is 0 Å². The van der Waals surface area contributed by atoms with Crippen molar-refractivity contribution in [1.82, 2.24) is 0 Å². The Hall–Kier alpha value is -2.82. The van der Waals surface area contributed by atoms with Crippen molar-refractivity contribution in [3.05, 3.63) is 59.7 Å². The number of carbonyl (C=O) groups excluding carboxylic acids is 1. The number of nitrogens with zero attached hydrogens (tertiary/aromatic N) is 1. The highest BCUT2D eigenvalue weighted by Crippen LogP contribution is 2.18. The topological polar surface area (TPSA) is 69.6 Å². The van der Waals surface area contributed by atoms with Crippen molar-refractivity contribution in [2.24, 2.45) is 0 Å². The zero-order valence-corrected chi connectivity index (χ0v) is 13.2. The van der Waals surface area contributed by atoms with Gasteiger partial charge in [-0.25, -0.2) is 4.79 Å². The molecule has 0 aliphatic carbocycles. The fourth-order valence-corrected chi connectivity index (χ4v) is 2.30. The van der Waals surface area contributed by atoms with Crippen LogP contribution in [-0.2, 0) is 0 Å². The summed E-state index contributed by atoms with van der Waals surface area (Å²) in [6.45, 7) is 3.05. The third-order valence-corrected chi connectivity index (χ3v) is 3.53. The number of hydrogen-bond donors (Lipinski definition) is 2. The summed E-state index contributed by atoms with van der Waals surface area (Å²) in [5.74, 6) is -1.40. The Morgan fingerprint density at radius 1 is 1.09 bits per heavy atom. The first kappa shape index (κ1) is 16.5. The Bertz CT molecular complexity index is 696. The summed E-state index contributed by atoms with van der Waals surface area (Å²) < 4.78 is 0. The predicted molar refractivity (Wildman–Crippen MR) is 91.4 cm³/mol. The van der Waals surface area contributed by atoms with Gasteiger partial charge in [0.25, 0.3) is 5.91 Å². The van der Waals surface area contributed by atoms with Gasteiger partial charge in [-0.3, -0.25) is 4.79 Å². The zero-order valence-electron chi connectivity index (χ0n) is 13.2. The Morgan fingerprint density at radius 2 is 1.74 bits per heavy atom. The molecule has 0 saturated carbocycles. The van der Waals surface area contributed by atoms with E-state index in [1.165, 1.54) is 6.07 Å². The average molecular weight is 312 g/mol. The largest absolute Gasteiger partial charge is 0.478 e. The number of nitrogens with one attached hydrogen (secondary N) is 1. The van der Waals surface area contributed by atoms with Gasteiger partial charge >= 0.3 is 5.97 Å². The van der Waals surface area contributed by atoms with Crippen molar-refractivity contribution >= 4 is 23.3 Å². The fraction of sp³-hybridized carbons (Fsp3) is 0.222. The molecule has 0 saturated heterocycles. The molecule has 2 N–H and O–H groups in total. The quantitative estimate of drug-likeness (QED) is 0.856. The van der Waals surface area contributed by atoms with Crippen LogP contribution in [0.4, 0.5) is 11.4 Å². The molecule has 23 heavy (non-hydrogen) atoms. The molecule has 2 aromatic rings. The van der Waals surface area contributed by atoms with Gasteiger partial charge in [-0.05, 0) is 42.8 Å². The van der Waals surface area contributed by atoms with Gasteiger partial charge in [0.15, 0.2) is 0 Å². The number of rotatable bonds is 6. The fourth-order valence-electron chi connectivity index (χ4n) is 2.30. The van der Waals surface area contributed by atoms with Gasteiger partial charge in [0.05, 0.1) is 11.3 Å². The lowest BCUT2D eigenvalue weighted by Crippen LogP contribution is -2.18. The summed E-state index contributed by atoms with van der Waals surface area (Å²) in [7, 11) is 2.00. The Balaban J connectivity index is 2.14. The van der Waals surface area contributed by atoms with Crippen molar-refractivity contribution in [3.63, 3.8) is 0 Å². The highest BCUT2D eigenvalue weighted by molar-refractivity contribution is 6.07. The number of carbonyl (C=O) groups is 2. The predicted octanol–water partition coefficient (Wildman–Crippen LogP) is 3.48. The third-order valence-electron chi connectivity index (χ3n) is 3.53. The van der Waals surface area contributed by atoms with Crippen LogP contribution < -0.4 is 10.2 Å². The smallest absolute Gasteiger partial charge is 0.337 e. The zero-order chi connectivity index (χ0) is 16.8. The van der Waals surface area contributed by atoms with Crippen molar-refractivity contribution in [1.29, 1.82) is 0 Å². The van der Waals surface area contributed by atoms with E-state index in [9.17, 15) is 9.59 Å². The molecular formula is C18H20N2O3.